The van der Waals surface area contributed by atoms with Gasteiger partial charge >= 0.3 is 0 Å². The van der Waals surface area contributed by atoms with Crippen LogP contribution >= 0.6 is 22.7 Å². The number of nitrogens with two attached hydrogens (primary N) is 1. The van der Waals surface area contributed by atoms with E-state index >= 15 is 0 Å². The number of nitrogens with zero attached hydrogens (tertiary/aromatic N) is 2. The number of hydrogen-bond donors (Lipinski definition) is 2. The molecule has 124 valence electrons. The summed E-state index contributed by atoms with van der Waals surface area (Å²) in [6, 6.07) is 11.6. The lowest BCUT2D eigenvalue weighted by molar-refractivity contribution is 0.0956. The lowest BCUT2D eigenvalue weighted by Gasteiger charge is -2.03. The van der Waals surface area contributed by atoms with Crippen LogP contribution in [0.5, 0.6) is 0 Å². The van der Waals surface area contributed by atoms with Gasteiger partial charge in [0.15, 0.2) is 0 Å². The minimum atomic E-state index is -0.193. The zero-order chi connectivity index (χ0) is 17.2. The van der Waals surface area contributed by atoms with E-state index in [9.17, 15) is 4.79 Å². The van der Waals surface area contributed by atoms with E-state index in [1.165, 1.54) is 11.3 Å². The highest BCUT2D eigenvalue weighted by atomic mass is 32.1. The quantitative estimate of drug-likeness (QED) is 0.573. The maximum absolute atomic E-state index is 12.5. The highest BCUT2D eigenvalue weighted by Gasteiger charge is 2.17. The van der Waals surface area contributed by atoms with Crippen LogP contribution in [-0.2, 0) is 6.54 Å². The van der Waals surface area contributed by atoms with Crippen molar-refractivity contribution in [1.82, 2.24) is 15.3 Å². The molecule has 4 heterocycles. The molecule has 7 heteroatoms. The zero-order valence-electron chi connectivity index (χ0n) is 13.1. The van der Waals surface area contributed by atoms with Crippen LogP contribution < -0.4 is 11.1 Å². The number of fused-ring (bicyclic) bond motifs is 1. The largest absolute Gasteiger partial charge is 0.397 e. The molecular formula is C18H14N4OS2. The Morgan fingerprint density at radius 1 is 1.20 bits per heavy atom. The first-order chi connectivity index (χ1) is 12.2. The number of nitrogen functional groups attached to an aromatic ring is 1. The van der Waals surface area contributed by atoms with Crippen molar-refractivity contribution in [2.75, 3.05) is 5.73 Å². The molecule has 25 heavy (non-hydrogen) atoms. The zero-order valence-corrected chi connectivity index (χ0v) is 14.7. The summed E-state index contributed by atoms with van der Waals surface area (Å²) < 4.78 is 0. The lowest BCUT2D eigenvalue weighted by Crippen LogP contribution is -2.22. The number of carbonyl (C=O) groups excluding carboxylic acids is 1. The second-order valence-corrected chi connectivity index (χ2v) is 7.36. The van der Waals surface area contributed by atoms with Crippen molar-refractivity contribution >= 4 is 44.5 Å². The van der Waals surface area contributed by atoms with Gasteiger partial charge in [-0.25, -0.2) is 4.98 Å². The predicted molar refractivity (Wildman–Crippen MR) is 103 cm³/mol. The van der Waals surface area contributed by atoms with Crippen LogP contribution in [0.1, 0.15) is 15.2 Å². The lowest BCUT2D eigenvalue weighted by atomic mass is 10.2. The van der Waals surface area contributed by atoms with Gasteiger partial charge < -0.3 is 11.1 Å². The van der Waals surface area contributed by atoms with Gasteiger partial charge in [-0.15, -0.1) is 22.7 Å². The number of rotatable bonds is 4. The number of carbonyl (C=O) groups is 1. The van der Waals surface area contributed by atoms with E-state index in [2.05, 4.69) is 15.3 Å². The fraction of sp³-hybridized carbons (Fsp3) is 0.0556. The molecule has 0 bridgehead atoms. The van der Waals surface area contributed by atoms with Gasteiger partial charge in [0.1, 0.15) is 9.71 Å². The van der Waals surface area contributed by atoms with E-state index < -0.39 is 0 Å². The van der Waals surface area contributed by atoms with Gasteiger partial charge in [-0.1, -0.05) is 12.1 Å². The Morgan fingerprint density at radius 2 is 2.12 bits per heavy atom. The minimum absolute atomic E-state index is 0.193. The first kappa shape index (κ1) is 15.7. The molecular weight excluding hydrogens is 352 g/mol. The monoisotopic (exact) mass is 366 g/mol. The van der Waals surface area contributed by atoms with Gasteiger partial charge in [-0.05, 0) is 35.2 Å². The van der Waals surface area contributed by atoms with E-state index in [1.54, 1.807) is 23.7 Å². The van der Waals surface area contributed by atoms with E-state index in [0.29, 0.717) is 17.1 Å². The highest BCUT2D eigenvalue weighted by molar-refractivity contribution is 7.21. The Bertz CT molecular complexity index is 1030. The van der Waals surface area contributed by atoms with Gasteiger partial charge in [-0.2, -0.15) is 0 Å². The molecule has 0 aromatic carbocycles. The number of pyridine rings is 2. The van der Waals surface area contributed by atoms with Crippen LogP contribution in [0, 0.1) is 0 Å². The van der Waals surface area contributed by atoms with Crippen molar-refractivity contribution in [1.29, 1.82) is 0 Å². The molecule has 4 rings (SSSR count). The molecule has 0 aliphatic heterocycles. The second kappa shape index (κ2) is 6.62. The van der Waals surface area contributed by atoms with Gasteiger partial charge in [0, 0.05) is 24.3 Å². The summed E-state index contributed by atoms with van der Waals surface area (Å²) in [5.41, 5.74) is 8.49. The van der Waals surface area contributed by atoms with Gasteiger partial charge in [0.2, 0.25) is 0 Å². The van der Waals surface area contributed by atoms with Crippen LogP contribution in [0.2, 0.25) is 0 Å². The Hall–Kier alpha value is -2.77. The molecule has 0 fully saturated rings. The molecule has 0 unspecified atom stereocenters. The normalized spacial score (nSPS) is 10.9. The Balaban J connectivity index is 1.61. The third kappa shape index (κ3) is 3.11. The van der Waals surface area contributed by atoms with Crippen molar-refractivity contribution in [3.8, 4) is 10.6 Å². The number of anilines is 1. The summed E-state index contributed by atoms with van der Waals surface area (Å²) in [5.74, 6) is -0.193. The summed E-state index contributed by atoms with van der Waals surface area (Å²) in [7, 11) is 0. The molecule has 3 N–H and O–H groups in total. The minimum Gasteiger partial charge on any atom is -0.397 e. The molecule has 0 saturated heterocycles. The van der Waals surface area contributed by atoms with Crippen molar-refractivity contribution in [2.24, 2.45) is 0 Å². The first-order valence-corrected chi connectivity index (χ1v) is 9.32. The maximum atomic E-state index is 12.5. The summed E-state index contributed by atoms with van der Waals surface area (Å²) in [6.45, 7) is 0.411. The first-order valence-electron chi connectivity index (χ1n) is 7.62. The van der Waals surface area contributed by atoms with Crippen LogP contribution in [0.25, 0.3) is 20.8 Å². The Morgan fingerprint density at radius 3 is 2.88 bits per heavy atom. The number of amides is 1. The third-order valence-corrected chi connectivity index (χ3v) is 5.76. The Kier molecular flexibility index (Phi) is 4.17. The second-order valence-electron chi connectivity index (χ2n) is 5.42. The van der Waals surface area contributed by atoms with Crippen LogP contribution in [-0.4, -0.2) is 15.9 Å². The van der Waals surface area contributed by atoms with Gasteiger partial charge in [0.05, 0.1) is 16.3 Å². The molecule has 0 atom stereocenters. The molecule has 5 nitrogen and oxygen atoms in total. The average Bonchev–Trinajstić information content (AvgIpc) is 3.29. The van der Waals surface area contributed by atoms with Crippen molar-refractivity contribution in [2.45, 2.75) is 6.54 Å². The topological polar surface area (TPSA) is 80.9 Å². The number of aromatic nitrogens is 2. The Labute approximate surface area is 152 Å². The van der Waals surface area contributed by atoms with Crippen molar-refractivity contribution in [3.05, 3.63) is 64.6 Å². The molecule has 0 spiro atoms. The smallest absolute Gasteiger partial charge is 0.263 e. The van der Waals surface area contributed by atoms with Crippen molar-refractivity contribution < 1.29 is 4.79 Å². The van der Waals surface area contributed by atoms with E-state index in [0.717, 1.165) is 26.4 Å². The van der Waals surface area contributed by atoms with Crippen LogP contribution in [0.4, 0.5) is 5.69 Å². The molecule has 0 aliphatic carbocycles. The van der Waals surface area contributed by atoms with E-state index in [4.69, 9.17) is 5.73 Å². The number of nitrogens with one attached hydrogen (secondary N) is 1. The highest BCUT2D eigenvalue weighted by Crippen LogP contribution is 2.34. The van der Waals surface area contributed by atoms with Gasteiger partial charge in [-0.3, -0.25) is 9.78 Å². The SMILES string of the molecule is Nc1c(C(=O)NCc2cccnc2)sc2nc(-c3cccs3)ccc12. The predicted octanol–water partition coefficient (Wildman–Crippen LogP) is 3.93. The molecule has 1 amide bonds. The molecule has 0 radical (unpaired) electrons. The van der Waals surface area contributed by atoms with Gasteiger partial charge in [0.25, 0.3) is 5.91 Å². The molecule has 4 aromatic rings. The standard InChI is InChI=1S/C18H14N4OS2/c19-15-12-5-6-13(14-4-2-8-24-14)22-18(12)25-16(15)17(23)21-10-11-3-1-7-20-9-11/h1-9H,10,19H2,(H,21,23). The van der Waals surface area contributed by atoms with E-state index in [1.807, 2.05) is 41.8 Å². The maximum Gasteiger partial charge on any atom is 0.263 e. The van der Waals surface area contributed by atoms with Crippen LogP contribution in [0.3, 0.4) is 0 Å². The number of thiophene rings is 2. The fourth-order valence-electron chi connectivity index (χ4n) is 2.49. The molecule has 0 aliphatic rings. The van der Waals surface area contributed by atoms with Crippen LogP contribution in [0.15, 0.2) is 54.2 Å². The summed E-state index contributed by atoms with van der Waals surface area (Å²) in [6.07, 6.45) is 3.43. The average molecular weight is 366 g/mol. The number of hydrogen-bond acceptors (Lipinski definition) is 6. The summed E-state index contributed by atoms with van der Waals surface area (Å²) in [4.78, 5) is 23.6. The molecule has 4 aromatic heterocycles. The van der Waals surface area contributed by atoms with Crippen molar-refractivity contribution in [3.63, 3.8) is 0 Å². The fourth-order valence-corrected chi connectivity index (χ4v) is 4.20. The third-order valence-electron chi connectivity index (χ3n) is 3.75. The molecule has 0 saturated carbocycles. The summed E-state index contributed by atoms with van der Waals surface area (Å²) in [5, 5.41) is 5.72. The summed E-state index contributed by atoms with van der Waals surface area (Å²) >= 11 is 2.95. The van der Waals surface area contributed by atoms with E-state index in [-0.39, 0.29) is 5.91 Å².